The Balaban J connectivity index is 1.45. The van der Waals surface area contributed by atoms with Crippen molar-refractivity contribution in [2.45, 2.75) is 102 Å². The Labute approximate surface area is 196 Å². The highest BCUT2D eigenvalue weighted by atomic mass is 16.6. The number of carbonyl (C=O) groups is 2. The van der Waals surface area contributed by atoms with E-state index in [1.54, 1.807) is 13.0 Å². The first-order chi connectivity index (χ1) is 15.4. The van der Waals surface area contributed by atoms with Gasteiger partial charge < -0.3 is 14.6 Å². The molecule has 0 aromatic carbocycles. The Morgan fingerprint density at radius 3 is 2.55 bits per heavy atom. The molecule has 2 bridgehead atoms. The molecule has 33 heavy (non-hydrogen) atoms. The van der Waals surface area contributed by atoms with Crippen molar-refractivity contribution >= 4 is 11.8 Å². The van der Waals surface area contributed by atoms with Crippen molar-refractivity contribution in [3.05, 3.63) is 34.9 Å². The number of fused-ring (bicyclic) bond motifs is 3. The Morgan fingerprint density at radius 2 is 1.82 bits per heavy atom. The van der Waals surface area contributed by atoms with Crippen LogP contribution in [0.15, 0.2) is 34.9 Å². The quantitative estimate of drug-likeness (QED) is 0.465. The summed E-state index contributed by atoms with van der Waals surface area (Å²) in [7, 11) is 0. The summed E-state index contributed by atoms with van der Waals surface area (Å²) >= 11 is 0. The lowest BCUT2D eigenvalue weighted by molar-refractivity contribution is -0.247. The van der Waals surface area contributed by atoms with Crippen LogP contribution in [0, 0.1) is 22.7 Å². The summed E-state index contributed by atoms with van der Waals surface area (Å²) in [5.41, 5.74) is -0.588. The molecule has 0 amide bonds. The maximum Gasteiger partial charge on any atom is 0.334 e. The number of esters is 1. The molecule has 2 heterocycles. The van der Waals surface area contributed by atoms with Crippen LogP contribution < -0.4 is 0 Å². The summed E-state index contributed by atoms with van der Waals surface area (Å²) in [6.07, 6.45) is 11.0. The lowest BCUT2D eigenvalue weighted by Crippen LogP contribution is -2.63. The van der Waals surface area contributed by atoms with Gasteiger partial charge >= 0.3 is 5.97 Å². The summed E-state index contributed by atoms with van der Waals surface area (Å²) < 4.78 is 13.1. The van der Waals surface area contributed by atoms with Gasteiger partial charge in [0.15, 0.2) is 5.78 Å². The molecule has 8 unspecified atom stereocenters. The number of ketones is 1. The molecule has 6 rings (SSSR count). The van der Waals surface area contributed by atoms with E-state index in [1.807, 2.05) is 19.9 Å². The molecule has 3 fully saturated rings. The molecule has 178 valence electrons. The minimum absolute atomic E-state index is 0.161. The molecule has 1 N–H and O–H groups in total. The minimum atomic E-state index is -1.08. The Hall–Kier alpha value is -1.72. The van der Waals surface area contributed by atoms with E-state index in [0.717, 1.165) is 37.7 Å². The van der Waals surface area contributed by atoms with Crippen LogP contribution in [-0.2, 0) is 19.1 Å². The Bertz CT molecular complexity index is 1070. The van der Waals surface area contributed by atoms with E-state index in [0.29, 0.717) is 18.4 Å². The summed E-state index contributed by atoms with van der Waals surface area (Å²) in [6, 6.07) is 0. The van der Waals surface area contributed by atoms with Crippen LogP contribution in [0.25, 0.3) is 0 Å². The molecular formula is C28H36O5. The highest BCUT2D eigenvalue weighted by Crippen LogP contribution is 2.77. The van der Waals surface area contributed by atoms with Gasteiger partial charge in [-0.2, -0.15) is 0 Å². The van der Waals surface area contributed by atoms with Crippen LogP contribution in [0.1, 0.15) is 79.6 Å². The van der Waals surface area contributed by atoms with Crippen LogP contribution in [0.3, 0.4) is 0 Å². The fourth-order valence-corrected chi connectivity index (χ4v) is 9.12. The Morgan fingerprint density at radius 1 is 1.06 bits per heavy atom. The SMILES string of the molecule is CC1=C(C)C(=O)OC(C2(C)OC34CCC2(O)C3(C)CCC2C4CC=C3CC=CC(=O)C32C)C1. The number of allylic oxidation sites excluding steroid dienone is 4. The zero-order valence-electron chi connectivity index (χ0n) is 20.5. The maximum atomic E-state index is 13.2. The van der Waals surface area contributed by atoms with Gasteiger partial charge in [-0.3, -0.25) is 4.79 Å². The normalized spacial score (nSPS) is 52.8. The van der Waals surface area contributed by atoms with E-state index in [2.05, 4.69) is 19.9 Å². The average Bonchev–Trinajstić information content (AvgIpc) is 3.10. The fraction of sp³-hybridized carbons (Fsp3) is 0.714. The first kappa shape index (κ1) is 21.8. The van der Waals surface area contributed by atoms with Gasteiger partial charge in [0.05, 0.1) is 11.0 Å². The van der Waals surface area contributed by atoms with Crippen LogP contribution in [0.4, 0.5) is 0 Å². The van der Waals surface area contributed by atoms with E-state index in [-0.39, 0.29) is 23.6 Å². The summed E-state index contributed by atoms with van der Waals surface area (Å²) in [5, 5.41) is 12.4. The van der Waals surface area contributed by atoms with Gasteiger partial charge in [0.1, 0.15) is 17.3 Å². The third-order valence-electron chi connectivity index (χ3n) is 11.4. The zero-order valence-corrected chi connectivity index (χ0v) is 20.5. The zero-order chi connectivity index (χ0) is 23.6. The van der Waals surface area contributed by atoms with Crippen LogP contribution >= 0.6 is 0 Å². The monoisotopic (exact) mass is 452 g/mol. The predicted octanol–water partition coefficient (Wildman–Crippen LogP) is 4.59. The van der Waals surface area contributed by atoms with Crippen molar-refractivity contribution in [1.82, 2.24) is 0 Å². The molecule has 4 aliphatic carbocycles. The number of rotatable bonds is 1. The molecule has 1 saturated heterocycles. The second-order valence-corrected chi connectivity index (χ2v) is 12.2. The number of hydrogen-bond acceptors (Lipinski definition) is 5. The van der Waals surface area contributed by atoms with Gasteiger partial charge in [-0.1, -0.05) is 30.2 Å². The summed E-state index contributed by atoms with van der Waals surface area (Å²) in [4.78, 5) is 25.9. The van der Waals surface area contributed by atoms with Gasteiger partial charge in [0, 0.05) is 17.4 Å². The first-order valence-electron chi connectivity index (χ1n) is 12.6. The fourth-order valence-electron chi connectivity index (χ4n) is 9.12. The number of hydrogen-bond donors (Lipinski definition) is 1. The lowest BCUT2D eigenvalue weighted by atomic mass is 9.46. The van der Waals surface area contributed by atoms with Crippen molar-refractivity contribution < 1.29 is 24.2 Å². The second-order valence-electron chi connectivity index (χ2n) is 12.2. The molecule has 2 saturated carbocycles. The van der Waals surface area contributed by atoms with Crippen LogP contribution in [-0.4, -0.2) is 39.8 Å². The average molecular weight is 453 g/mol. The highest BCUT2D eigenvalue weighted by molar-refractivity contribution is 5.98. The topological polar surface area (TPSA) is 72.8 Å². The highest BCUT2D eigenvalue weighted by Gasteiger charge is 2.84. The molecule has 5 nitrogen and oxygen atoms in total. The number of aliphatic hydroxyl groups is 1. The molecule has 2 aliphatic heterocycles. The summed E-state index contributed by atoms with van der Waals surface area (Å²) in [5.74, 6) is 0.265. The van der Waals surface area contributed by atoms with E-state index < -0.39 is 33.7 Å². The Kier molecular flexibility index (Phi) is 4.15. The predicted molar refractivity (Wildman–Crippen MR) is 123 cm³/mol. The van der Waals surface area contributed by atoms with Crippen molar-refractivity contribution in [2.75, 3.05) is 0 Å². The second kappa shape index (κ2) is 6.28. The molecule has 6 aliphatic rings. The molecular weight excluding hydrogens is 416 g/mol. The lowest BCUT2D eigenvalue weighted by Gasteiger charge is -2.59. The molecule has 0 spiro atoms. The van der Waals surface area contributed by atoms with Gasteiger partial charge in [0.2, 0.25) is 0 Å². The largest absolute Gasteiger partial charge is 0.455 e. The maximum absolute atomic E-state index is 13.2. The molecule has 5 heteroatoms. The van der Waals surface area contributed by atoms with E-state index in [4.69, 9.17) is 9.47 Å². The van der Waals surface area contributed by atoms with E-state index >= 15 is 0 Å². The van der Waals surface area contributed by atoms with Gasteiger partial charge in [-0.05, 0) is 84.1 Å². The molecule has 0 aromatic heterocycles. The number of ether oxygens (including phenoxy) is 2. The van der Waals surface area contributed by atoms with E-state index in [1.165, 1.54) is 5.57 Å². The van der Waals surface area contributed by atoms with Crippen molar-refractivity contribution in [3.63, 3.8) is 0 Å². The number of carbonyl (C=O) groups excluding carboxylic acids is 2. The van der Waals surface area contributed by atoms with Crippen molar-refractivity contribution in [2.24, 2.45) is 22.7 Å². The van der Waals surface area contributed by atoms with E-state index in [9.17, 15) is 14.7 Å². The van der Waals surface area contributed by atoms with Gasteiger partial charge in [-0.15, -0.1) is 0 Å². The van der Waals surface area contributed by atoms with Crippen LogP contribution in [0.2, 0.25) is 0 Å². The standard InChI is InChI=1S/C28H36O5/c1-16-15-22(32-23(30)17(16)2)26(5)28(31)14-13-27(33-26)20-10-9-18-7-6-8-21(29)25(18,4)19(20)11-12-24(27,28)3/h6,8-9,19-20,22,31H,7,10-15H2,1-5H3. The summed E-state index contributed by atoms with van der Waals surface area (Å²) in [6.45, 7) is 10.1. The third-order valence-corrected chi connectivity index (χ3v) is 11.4. The van der Waals surface area contributed by atoms with Gasteiger partial charge in [-0.25, -0.2) is 4.79 Å². The minimum Gasteiger partial charge on any atom is -0.455 e. The van der Waals surface area contributed by atoms with Crippen molar-refractivity contribution in [1.29, 1.82) is 0 Å². The van der Waals surface area contributed by atoms with Gasteiger partial charge in [0.25, 0.3) is 0 Å². The number of cyclic esters (lactones) is 1. The molecule has 8 atom stereocenters. The smallest absolute Gasteiger partial charge is 0.334 e. The first-order valence-corrected chi connectivity index (χ1v) is 12.6. The van der Waals surface area contributed by atoms with Crippen LogP contribution in [0.5, 0.6) is 0 Å². The third kappa shape index (κ3) is 2.18. The molecule has 0 aromatic rings. The molecule has 0 radical (unpaired) electrons. The van der Waals surface area contributed by atoms with Crippen molar-refractivity contribution in [3.8, 4) is 0 Å².